The highest BCUT2D eigenvalue weighted by Gasteiger charge is 2.31. The molecule has 1 aliphatic heterocycles. The lowest BCUT2D eigenvalue weighted by atomic mass is 9.98. The van der Waals surface area contributed by atoms with E-state index in [4.69, 9.17) is 4.74 Å². The maximum Gasteiger partial charge on any atom is 0.339 e. The lowest BCUT2D eigenvalue weighted by molar-refractivity contribution is -0.130. The Bertz CT molecular complexity index is 988. The molecule has 5 nitrogen and oxygen atoms in total. The maximum absolute atomic E-state index is 12.6. The number of hydrogen-bond acceptors (Lipinski definition) is 4. The number of nitrogens with one attached hydrogen (secondary N) is 1. The normalized spacial score (nSPS) is 15.1. The van der Waals surface area contributed by atoms with Crippen molar-refractivity contribution in [3.8, 4) is 0 Å². The number of ether oxygens (including phenoxy) is 1. The number of esters is 1. The molecule has 138 valence electrons. The summed E-state index contributed by atoms with van der Waals surface area (Å²) in [5, 5.41) is 4.35. The minimum Gasteiger partial charge on any atom is -0.448 e. The van der Waals surface area contributed by atoms with Gasteiger partial charge in [-0.05, 0) is 11.6 Å². The van der Waals surface area contributed by atoms with Crippen molar-refractivity contribution in [2.45, 2.75) is 12.5 Å². The van der Waals surface area contributed by atoms with Gasteiger partial charge in [-0.15, -0.1) is 0 Å². The number of fused-ring (bicyclic) bond motifs is 1. The summed E-state index contributed by atoms with van der Waals surface area (Å²) >= 11 is 0. The predicted octanol–water partition coefficient (Wildman–Crippen LogP) is 3.34. The van der Waals surface area contributed by atoms with Crippen molar-refractivity contribution in [2.24, 2.45) is 5.10 Å². The van der Waals surface area contributed by atoms with Gasteiger partial charge in [-0.25, -0.2) is 10.2 Å². The standard InChI is InChI=1S/C23H18N2O3/c26-22(20-15-18-13-7-8-14-19(18)23(27)28-20)25-24-21(16-9-3-1-4-10-16)17-11-5-2-6-12-17/h1-14,20H,15H2,(H,25,26). The molecule has 0 aromatic heterocycles. The number of hydrazone groups is 1. The van der Waals surface area contributed by atoms with Gasteiger partial charge in [0.1, 0.15) is 0 Å². The molecule has 0 saturated carbocycles. The highest BCUT2D eigenvalue weighted by molar-refractivity contribution is 6.13. The minimum atomic E-state index is -0.904. The van der Waals surface area contributed by atoms with Gasteiger partial charge in [0.2, 0.25) is 0 Å². The van der Waals surface area contributed by atoms with Gasteiger partial charge >= 0.3 is 5.97 Å². The van der Waals surface area contributed by atoms with E-state index in [1.807, 2.05) is 72.8 Å². The summed E-state index contributed by atoms with van der Waals surface area (Å²) in [7, 11) is 0. The molecule has 0 fully saturated rings. The van der Waals surface area contributed by atoms with Gasteiger partial charge in [0.15, 0.2) is 6.10 Å². The Morgan fingerprint density at radius 2 is 1.43 bits per heavy atom. The molecule has 1 N–H and O–H groups in total. The van der Waals surface area contributed by atoms with Crippen LogP contribution in [0.5, 0.6) is 0 Å². The Kier molecular flexibility index (Phi) is 4.97. The zero-order valence-electron chi connectivity index (χ0n) is 15.0. The van der Waals surface area contributed by atoms with Crippen LogP contribution in [0.1, 0.15) is 27.0 Å². The topological polar surface area (TPSA) is 67.8 Å². The average Bonchev–Trinajstić information content (AvgIpc) is 2.75. The highest BCUT2D eigenvalue weighted by atomic mass is 16.5. The van der Waals surface area contributed by atoms with E-state index in [2.05, 4.69) is 10.5 Å². The molecule has 0 saturated heterocycles. The lowest BCUT2D eigenvalue weighted by Crippen LogP contribution is -2.40. The first kappa shape index (κ1) is 17.7. The molecule has 0 spiro atoms. The number of carbonyl (C=O) groups is 2. The van der Waals surface area contributed by atoms with Crippen LogP contribution in [0.2, 0.25) is 0 Å². The molecule has 0 radical (unpaired) electrons. The number of carbonyl (C=O) groups excluding carboxylic acids is 2. The van der Waals surface area contributed by atoms with E-state index in [0.717, 1.165) is 16.7 Å². The molecular weight excluding hydrogens is 352 g/mol. The molecule has 1 heterocycles. The van der Waals surface area contributed by atoms with Crippen LogP contribution >= 0.6 is 0 Å². The number of amides is 1. The van der Waals surface area contributed by atoms with E-state index >= 15 is 0 Å². The molecular formula is C23H18N2O3. The molecule has 1 unspecified atom stereocenters. The monoisotopic (exact) mass is 370 g/mol. The number of rotatable bonds is 4. The van der Waals surface area contributed by atoms with Crippen LogP contribution in [0.25, 0.3) is 0 Å². The summed E-state index contributed by atoms with van der Waals surface area (Å²) in [4.78, 5) is 24.8. The van der Waals surface area contributed by atoms with Crippen LogP contribution in [0.3, 0.4) is 0 Å². The van der Waals surface area contributed by atoms with E-state index in [-0.39, 0.29) is 0 Å². The van der Waals surface area contributed by atoms with E-state index < -0.39 is 18.0 Å². The molecule has 3 aromatic rings. The quantitative estimate of drug-likeness (QED) is 0.435. The fourth-order valence-corrected chi connectivity index (χ4v) is 3.15. The molecule has 5 heteroatoms. The van der Waals surface area contributed by atoms with E-state index in [1.165, 1.54) is 0 Å². The second-order valence-corrected chi connectivity index (χ2v) is 6.42. The summed E-state index contributed by atoms with van der Waals surface area (Å²) in [6, 6.07) is 26.3. The Balaban J connectivity index is 1.57. The van der Waals surface area contributed by atoms with E-state index in [0.29, 0.717) is 17.7 Å². The summed E-state index contributed by atoms with van der Waals surface area (Å²) in [5.74, 6) is -0.940. The largest absolute Gasteiger partial charge is 0.448 e. The number of nitrogens with zero attached hydrogens (tertiary/aromatic N) is 1. The van der Waals surface area contributed by atoms with Crippen molar-refractivity contribution in [2.75, 3.05) is 0 Å². The molecule has 28 heavy (non-hydrogen) atoms. The Morgan fingerprint density at radius 1 is 0.857 bits per heavy atom. The smallest absolute Gasteiger partial charge is 0.339 e. The van der Waals surface area contributed by atoms with Crippen molar-refractivity contribution >= 4 is 17.6 Å². The van der Waals surface area contributed by atoms with Crippen LogP contribution in [-0.4, -0.2) is 23.7 Å². The summed E-state index contributed by atoms with van der Waals surface area (Å²) in [6.07, 6.45) is -0.575. The van der Waals surface area contributed by atoms with Gasteiger partial charge in [0, 0.05) is 17.5 Å². The molecule has 0 aliphatic carbocycles. The maximum atomic E-state index is 12.6. The van der Waals surface area contributed by atoms with Crippen LogP contribution in [0.4, 0.5) is 0 Å². The zero-order valence-corrected chi connectivity index (χ0v) is 15.0. The first-order valence-electron chi connectivity index (χ1n) is 8.99. The third kappa shape index (κ3) is 3.69. The van der Waals surface area contributed by atoms with Crippen LogP contribution in [-0.2, 0) is 16.0 Å². The van der Waals surface area contributed by atoms with Crippen LogP contribution in [0.15, 0.2) is 90.0 Å². The van der Waals surface area contributed by atoms with Gasteiger partial charge in [-0.1, -0.05) is 78.9 Å². The van der Waals surface area contributed by atoms with Crippen LogP contribution in [0, 0.1) is 0 Å². The SMILES string of the molecule is O=C1OC(C(=O)NN=C(c2ccccc2)c2ccccc2)Cc2ccccc21. The molecule has 0 bridgehead atoms. The van der Waals surface area contributed by atoms with E-state index in [9.17, 15) is 9.59 Å². The van der Waals surface area contributed by atoms with Crippen molar-refractivity contribution < 1.29 is 14.3 Å². The first-order valence-corrected chi connectivity index (χ1v) is 8.99. The van der Waals surface area contributed by atoms with E-state index in [1.54, 1.807) is 12.1 Å². The minimum absolute atomic E-state index is 0.329. The fraction of sp³-hybridized carbons (Fsp3) is 0.0870. The molecule has 3 aromatic carbocycles. The Morgan fingerprint density at radius 3 is 2.07 bits per heavy atom. The van der Waals surface area contributed by atoms with Gasteiger partial charge in [-0.3, -0.25) is 4.79 Å². The molecule has 1 atom stereocenters. The average molecular weight is 370 g/mol. The first-order chi connectivity index (χ1) is 13.7. The third-order valence-electron chi connectivity index (χ3n) is 4.56. The zero-order chi connectivity index (χ0) is 19.3. The van der Waals surface area contributed by atoms with Crippen molar-refractivity contribution in [1.29, 1.82) is 0 Å². The summed E-state index contributed by atoms with van der Waals surface area (Å²) < 4.78 is 5.30. The van der Waals surface area contributed by atoms with Gasteiger partial charge in [0.25, 0.3) is 5.91 Å². The number of benzene rings is 3. The fourth-order valence-electron chi connectivity index (χ4n) is 3.15. The van der Waals surface area contributed by atoms with Gasteiger partial charge in [-0.2, -0.15) is 5.10 Å². The third-order valence-corrected chi connectivity index (χ3v) is 4.56. The van der Waals surface area contributed by atoms with Crippen molar-refractivity contribution in [1.82, 2.24) is 5.43 Å². The second kappa shape index (κ2) is 7.88. The van der Waals surface area contributed by atoms with Gasteiger partial charge < -0.3 is 4.74 Å². The highest BCUT2D eigenvalue weighted by Crippen LogP contribution is 2.20. The molecule has 1 aliphatic rings. The molecule has 4 rings (SSSR count). The Hall–Kier alpha value is -3.73. The Labute approximate surface area is 162 Å². The van der Waals surface area contributed by atoms with Crippen molar-refractivity contribution in [3.05, 3.63) is 107 Å². The van der Waals surface area contributed by atoms with Crippen molar-refractivity contribution in [3.63, 3.8) is 0 Å². The number of cyclic esters (lactones) is 1. The second-order valence-electron chi connectivity index (χ2n) is 6.42. The lowest BCUT2D eigenvalue weighted by Gasteiger charge is -2.23. The summed E-state index contributed by atoms with van der Waals surface area (Å²) in [5.41, 5.74) is 6.26. The van der Waals surface area contributed by atoms with Crippen LogP contribution < -0.4 is 5.43 Å². The van der Waals surface area contributed by atoms with Gasteiger partial charge in [0.05, 0.1) is 11.3 Å². The molecule has 1 amide bonds. The predicted molar refractivity (Wildman–Crippen MR) is 106 cm³/mol. The number of hydrogen-bond donors (Lipinski definition) is 1. The summed E-state index contributed by atoms with van der Waals surface area (Å²) in [6.45, 7) is 0.